The molecule has 0 spiro atoms. The Labute approximate surface area is 132 Å². The molecule has 0 saturated carbocycles. The van der Waals surface area contributed by atoms with Gasteiger partial charge in [0.1, 0.15) is 11.5 Å². The molecule has 0 radical (unpaired) electrons. The first-order chi connectivity index (χ1) is 11.0. The van der Waals surface area contributed by atoms with Crippen LogP contribution in [0, 0.1) is 10.1 Å². The molecule has 0 saturated heterocycles. The van der Waals surface area contributed by atoms with E-state index in [-0.39, 0.29) is 12.4 Å². The highest BCUT2D eigenvalue weighted by molar-refractivity contribution is 5.91. The van der Waals surface area contributed by atoms with Crippen LogP contribution in [-0.2, 0) is 11.3 Å². The number of hydrogen-bond acceptors (Lipinski definition) is 6. The van der Waals surface area contributed by atoms with E-state index in [1.54, 1.807) is 18.2 Å². The van der Waals surface area contributed by atoms with Crippen LogP contribution in [0.5, 0.6) is 11.5 Å². The molecule has 0 bridgehead atoms. The van der Waals surface area contributed by atoms with Gasteiger partial charge in [-0.25, -0.2) is 4.79 Å². The number of carbonyl (C=O) groups is 1. The number of phenols is 1. The Morgan fingerprint density at radius 1 is 1.17 bits per heavy atom. The summed E-state index contributed by atoms with van der Waals surface area (Å²) in [7, 11) is 0. The SMILES string of the molecule is O=C(Oc1ccc(O)cc1)c1cccc(CCCO[N+](=O)[O-])c1. The molecule has 7 heteroatoms. The van der Waals surface area contributed by atoms with Crippen molar-refractivity contribution in [1.29, 1.82) is 0 Å². The number of nitrogens with zero attached hydrogens (tertiary/aromatic N) is 1. The quantitative estimate of drug-likeness (QED) is 0.277. The van der Waals surface area contributed by atoms with E-state index in [0.717, 1.165) is 5.56 Å². The molecule has 7 nitrogen and oxygen atoms in total. The van der Waals surface area contributed by atoms with Gasteiger partial charge < -0.3 is 14.7 Å². The fourth-order valence-corrected chi connectivity index (χ4v) is 1.95. The van der Waals surface area contributed by atoms with Gasteiger partial charge in [-0.3, -0.25) is 0 Å². The highest BCUT2D eigenvalue weighted by atomic mass is 16.9. The first-order valence-corrected chi connectivity index (χ1v) is 6.92. The van der Waals surface area contributed by atoms with Gasteiger partial charge in [0.05, 0.1) is 12.2 Å². The van der Waals surface area contributed by atoms with Gasteiger partial charge in [0.15, 0.2) is 0 Å². The molecule has 0 unspecified atom stereocenters. The second-order valence-corrected chi connectivity index (χ2v) is 4.74. The van der Waals surface area contributed by atoms with Crippen molar-refractivity contribution >= 4 is 5.97 Å². The molecule has 23 heavy (non-hydrogen) atoms. The van der Waals surface area contributed by atoms with Crippen LogP contribution in [0.4, 0.5) is 0 Å². The molecule has 0 atom stereocenters. The van der Waals surface area contributed by atoms with Gasteiger partial charge in [-0.15, -0.1) is 10.1 Å². The zero-order valence-corrected chi connectivity index (χ0v) is 12.2. The fourth-order valence-electron chi connectivity index (χ4n) is 1.95. The highest BCUT2D eigenvalue weighted by Gasteiger charge is 2.09. The summed E-state index contributed by atoms with van der Waals surface area (Å²) in [5, 5.41) is 18.4. The minimum atomic E-state index is -0.828. The van der Waals surface area contributed by atoms with Crippen molar-refractivity contribution in [3.05, 3.63) is 69.8 Å². The van der Waals surface area contributed by atoms with E-state index in [1.807, 2.05) is 6.07 Å². The lowest BCUT2D eigenvalue weighted by atomic mass is 10.1. The third-order valence-electron chi connectivity index (χ3n) is 3.02. The van der Waals surface area contributed by atoms with Gasteiger partial charge in [0.25, 0.3) is 5.09 Å². The van der Waals surface area contributed by atoms with Gasteiger partial charge in [0.2, 0.25) is 0 Å². The molecule has 2 rings (SSSR count). The van der Waals surface area contributed by atoms with Crippen LogP contribution < -0.4 is 4.74 Å². The molecular weight excluding hydrogens is 302 g/mol. The molecule has 0 aromatic heterocycles. The second-order valence-electron chi connectivity index (χ2n) is 4.74. The smallest absolute Gasteiger partial charge is 0.343 e. The molecule has 0 aliphatic heterocycles. The number of aromatic hydroxyl groups is 1. The zero-order chi connectivity index (χ0) is 16.7. The van der Waals surface area contributed by atoms with Crippen molar-refractivity contribution < 1.29 is 24.6 Å². The van der Waals surface area contributed by atoms with Gasteiger partial charge in [-0.2, -0.15) is 0 Å². The Morgan fingerprint density at radius 2 is 1.91 bits per heavy atom. The molecule has 0 fully saturated rings. The van der Waals surface area contributed by atoms with E-state index < -0.39 is 11.1 Å². The summed E-state index contributed by atoms with van der Waals surface area (Å²) in [5.41, 5.74) is 1.24. The molecular formula is C16H15NO6. The predicted octanol–water partition coefficient (Wildman–Crippen LogP) is 2.75. The number of ether oxygens (including phenoxy) is 1. The number of hydrogen-bond donors (Lipinski definition) is 1. The van der Waals surface area contributed by atoms with Crippen molar-refractivity contribution in [3.8, 4) is 11.5 Å². The number of esters is 1. The number of rotatable bonds is 7. The third-order valence-corrected chi connectivity index (χ3v) is 3.02. The van der Waals surface area contributed by atoms with Gasteiger partial charge in [-0.05, 0) is 54.8 Å². The van der Waals surface area contributed by atoms with Crippen LogP contribution in [0.3, 0.4) is 0 Å². The number of carbonyl (C=O) groups excluding carboxylic acids is 1. The lowest BCUT2D eigenvalue weighted by Crippen LogP contribution is -2.09. The van der Waals surface area contributed by atoms with Crippen molar-refractivity contribution in [3.63, 3.8) is 0 Å². The Morgan fingerprint density at radius 3 is 2.61 bits per heavy atom. The lowest BCUT2D eigenvalue weighted by molar-refractivity contribution is -0.757. The summed E-state index contributed by atoms with van der Waals surface area (Å²) < 4.78 is 5.20. The van der Waals surface area contributed by atoms with E-state index in [9.17, 15) is 20.0 Å². The van der Waals surface area contributed by atoms with Crippen LogP contribution in [0.15, 0.2) is 48.5 Å². The summed E-state index contributed by atoms with van der Waals surface area (Å²) in [6.07, 6.45) is 1.02. The van der Waals surface area contributed by atoms with E-state index in [0.29, 0.717) is 24.2 Å². The molecule has 0 amide bonds. The van der Waals surface area contributed by atoms with Crippen LogP contribution in [0.1, 0.15) is 22.3 Å². The maximum Gasteiger partial charge on any atom is 0.343 e. The Balaban J connectivity index is 1.94. The maximum atomic E-state index is 12.1. The normalized spacial score (nSPS) is 10.1. The van der Waals surface area contributed by atoms with Crippen LogP contribution in [-0.4, -0.2) is 22.8 Å². The van der Waals surface area contributed by atoms with E-state index in [2.05, 4.69) is 4.84 Å². The number of aryl methyl sites for hydroxylation is 1. The zero-order valence-electron chi connectivity index (χ0n) is 12.2. The first kappa shape index (κ1) is 16.3. The first-order valence-electron chi connectivity index (χ1n) is 6.92. The Bertz CT molecular complexity index is 683. The molecule has 120 valence electrons. The van der Waals surface area contributed by atoms with Crippen molar-refractivity contribution in [2.24, 2.45) is 0 Å². The van der Waals surface area contributed by atoms with Crippen molar-refractivity contribution in [2.45, 2.75) is 12.8 Å². The highest BCUT2D eigenvalue weighted by Crippen LogP contribution is 2.18. The van der Waals surface area contributed by atoms with Crippen molar-refractivity contribution in [2.75, 3.05) is 6.61 Å². The van der Waals surface area contributed by atoms with Crippen LogP contribution >= 0.6 is 0 Å². The third kappa shape index (κ3) is 5.31. The summed E-state index contributed by atoms with van der Waals surface area (Å²) in [6, 6.07) is 12.7. The fraction of sp³-hybridized carbons (Fsp3) is 0.188. The summed E-state index contributed by atoms with van der Waals surface area (Å²) in [5.74, 6) is -0.0968. The number of phenolic OH excluding ortho intramolecular Hbond substituents is 1. The van der Waals surface area contributed by atoms with Crippen LogP contribution in [0.2, 0.25) is 0 Å². The molecule has 0 aliphatic carbocycles. The maximum absolute atomic E-state index is 12.1. The predicted molar refractivity (Wildman–Crippen MR) is 80.8 cm³/mol. The molecule has 1 N–H and O–H groups in total. The standard InChI is InChI=1S/C16H15NO6/c18-14-6-8-15(9-7-14)23-16(19)13-5-1-3-12(11-13)4-2-10-22-17(20)21/h1,3,5-9,11,18H,2,4,10H2. The minimum absolute atomic E-state index is 0.00911. The van der Waals surface area contributed by atoms with E-state index >= 15 is 0 Å². The topological polar surface area (TPSA) is 98.9 Å². The number of benzene rings is 2. The molecule has 2 aromatic rings. The van der Waals surface area contributed by atoms with Crippen molar-refractivity contribution in [1.82, 2.24) is 0 Å². The molecule has 0 aliphatic rings. The summed E-state index contributed by atoms with van der Waals surface area (Å²) in [4.78, 5) is 26.4. The van der Waals surface area contributed by atoms with Gasteiger partial charge in [-0.1, -0.05) is 12.1 Å². The second kappa shape index (κ2) is 7.79. The summed E-state index contributed by atoms with van der Waals surface area (Å²) >= 11 is 0. The average Bonchev–Trinajstić information content (AvgIpc) is 2.54. The molecule has 0 heterocycles. The average molecular weight is 317 g/mol. The van der Waals surface area contributed by atoms with E-state index in [4.69, 9.17) is 4.74 Å². The summed E-state index contributed by atoms with van der Waals surface area (Å²) in [6.45, 7) is 0.00911. The molecule has 2 aromatic carbocycles. The minimum Gasteiger partial charge on any atom is -0.508 e. The largest absolute Gasteiger partial charge is 0.508 e. The van der Waals surface area contributed by atoms with E-state index in [1.165, 1.54) is 24.3 Å². The van der Waals surface area contributed by atoms with Gasteiger partial charge >= 0.3 is 5.97 Å². The Kier molecular flexibility index (Phi) is 5.51. The Hall–Kier alpha value is -3.09. The van der Waals surface area contributed by atoms with Crippen LogP contribution in [0.25, 0.3) is 0 Å². The monoisotopic (exact) mass is 317 g/mol. The van der Waals surface area contributed by atoms with Gasteiger partial charge in [0, 0.05) is 0 Å². The lowest BCUT2D eigenvalue weighted by Gasteiger charge is -2.06.